The van der Waals surface area contributed by atoms with Gasteiger partial charge in [0.05, 0.1) is 13.7 Å². The summed E-state index contributed by atoms with van der Waals surface area (Å²) in [4.78, 5) is 25.8. The third-order valence-electron chi connectivity index (χ3n) is 5.88. The summed E-state index contributed by atoms with van der Waals surface area (Å²) in [5.41, 5.74) is 1.37. The van der Waals surface area contributed by atoms with Crippen molar-refractivity contribution in [3.05, 3.63) is 54.1 Å². The molecule has 216 valence electrons. The number of nitrogens with zero attached hydrogens (tertiary/aromatic N) is 1. The van der Waals surface area contributed by atoms with Crippen LogP contribution in [0.3, 0.4) is 0 Å². The number of benzene rings is 2. The molecular weight excluding hydrogens is 517 g/mol. The molecule has 1 atom stereocenters. The highest BCUT2D eigenvalue weighted by atomic mass is 19.4. The molecule has 0 bridgehead atoms. The molecule has 0 fully saturated rings. The smallest absolute Gasteiger partial charge is 0.389 e. The fourth-order valence-corrected chi connectivity index (χ4v) is 3.80. The van der Waals surface area contributed by atoms with Crippen LogP contribution in [0.4, 0.5) is 23.7 Å². The second kappa shape index (κ2) is 16.5. The van der Waals surface area contributed by atoms with Crippen LogP contribution in [-0.4, -0.2) is 67.7 Å². The molecule has 0 aromatic heterocycles. The number of hydrogen-bond acceptors (Lipinski definition) is 5. The molecule has 0 aliphatic heterocycles. The summed E-state index contributed by atoms with van der Waals surface area (Å²) in [5, 5.41) is 12.1. The first kappa shape index (κ1) is 31.7. The highest BCUT2D eigenvalue weighted by Crippen LogP contribution is 2.23. The summed E-state index contributed by atoms with van der Waals surface area (Å²) in [6.45, 7) is 2.86. The fourth-order valence-electron chi connectivity index (χ4n) is 3.80. The van der Waals surface area contributed by atoms with Gasteiger partial charge in [0, 0.05) is 31.7 Å². The molecule has 0 heterocycles. The number of hydrogen-bond donors (Lipinski definition) is 2. The SMILES string of the molecule is CCOC(Cc1ccc(OCCN(CCCCCCC(F)(F)F)C(=O)Nc2ccc(OC)cc2)cc1)C(=O)O. The molecule has 2 amide bonds. The van der Waals surface area contributed by atoms with Gasteiger partial charge in [0.25, 0.3) is 0 Å². The molecule has 2 aromatic carbocycles. The number of amides is 2. The molecule has 0 spiro atoms. The van der Waals surface area contributed by atoms with Crippen molar-refractivity contribution in [2.45, 2.75) is 57.7 Å². The zero-order chi connectivity index (χ0) is 28.7. The van der Waals surface area contributed by atoms with Gasteiger partial charge in [0.15, 0.2) is 6.10 Å². The lowest BCUT2D eigenvalue weighted by Crippen LogP contribution is -2.38. The molecule has 0 saturated carbocycles. The van der Waals surface area contributed by atoms with Crippen LogP contribution in [0.25, 0.3) is 0 Å². The first-order valence-electron chi connectivity index (χ1n) is 12.9. The number of rotatable bonds is 17. The van der Waals surface area contributed by atoms with Crippen molar-refractivity contribution in [3.63, 3.8) is 0 Å². The second-order valence-electron chi connectivity index (χ2n) is 8.90. The lowest BCUT2D eigenvalue weighted by Gasteiger charge is -2.23. The number of carbonyl (C=O) groups excluding carboxylic acids is 1. The van der Waals surface area contributed by atoms with E-state index in [-0.39, 0.29) is 32.0 Å². The van der Waals surface area contributed by atoms with E-state index in [2.05, 4.69) is 5.32 Å². The van der Waals surface area contributed by atoms with E-state index in [4.69, 9.17) is 14.2 Å². The first-order valence-corrected chi connectivity index (χ1v) is 12.9. The first-order chi connectivity index (χ1) is 18.6. The summed E-state index contributed by atoms with van der Waals surface area (Å²) in [5.74, 6) is 0.190. The number of halogens is 3. The number of carboxylic acid groups (broad SMARTS) is 1. The molecule has 2 aromatic rings. The minimum absolute atomic E-state index is 0.0679. The third-order valence-corrected chi connectivity index (χ3v) is 5.88. The summed E-state index contributed by atoms with van der Waals surface area (Å²) in [6.07, 6.45) is -4.01. The maximum atomic E-state index is 12.9. The van der Waals surface area contributed by atoms with Gasteiger partial charge in [-0.2, -0.15) is 13.2 Å². The van der Waals surface area contributed by atoms with Crippen LogP contribution < -0.4 is 14.8 Å². The number of aliphatic carboxylic acids is 1. The van der Waals surface area contributed by atoms with E-state index in [1.165, 1.54) is 0 Å². The lowest BCUT2D eigenvalue weighted by atomic mass is 10.1. The summed E-state index contributed by atoms with van der Waals surface area (Å²) in [6, 6.07) is 13.5. The zero-order valence-corrected chi connectivity index (χ0v) is 22.3. The maximum absolute atomic E-state index is 12.9. The predicted octanol–water partition coefficient (Wildman–Crippen LogP) is 6.15. The van der Waals surface area contributed by atoms with E-state index in [0.717, 1.165) is 5.56 Å². The Bertz CT molecular complexity index is 1000. The number of carbonyl (C=O) groups is 2. The molecule has 11 heteroatoms. The predicted molar refractivity (Wildman–Crippen MR) is 141 cm³/mol. The van der Waals surface area contributed by atoms with E-state index < -0.39 is 24.7 Å². The summed E-state index contributed by atoms with van der Waals surface area (Å²) in [7, 11) is 1.55. The van der Waals surface area contributed by atoms with Gasteiger partial charge in [-0.05, 0) is 61.7 Å². The van der Waals surface area contributed by atoms with Gasteiger partial charge in [-0.1, -0.05) is 25.0 Å². The van der Waals surface area contributed by atoms with Gasteiger partial charge >= 0.3 is 18.2 Å². The molecule has 1 unspecified atom stereocenters. The minimum atomic E-state index is -4.15. The average molecular weight is 555 g/mol. The van der Waals surface area contributed by atoms with Gasteiger partial charge in [-0.3, -0.25) is 0 Å². The van der Waals surface area contributed by atoms with Crippen molar-refractivity contribution >= 4 is 17.7 Å². The fraction of sp³-hybridized carbons (Fsp3) is 0.500. The quantitative estimate of drug-likeness (QED) is 0.228. The highest BCUT2D eigenvalue weighted by molar-refractivity contribution is 5.89. The van der Waals surface area contributed by atoms with Crippen LogP contribution in [0.1, 0.15) is 44.6 Å². The number of anilines is 1. The number of carboxylic acids is 1. The highest BCUT2D eigenvalue weighted by Gasteiger charge is 2.25. The Kier molecular flexibility index (Phi) is 13.4. The van der Waals surface area contributed by atoms with Crippen molar-refractivity contribution < 1.29 is 42.1 Å². The van der Waals surface area contributed by atoms with Crippen LogP contribution in [0.2, 0.25) is 0 Å². The Morgan fingerprint density at radius 1 is 0.949 bits per heavy atom. The molecule has 0 saturated heterocycles. The minimum Gasteiger partial charge on any atom is -0.497 e. The van der Waals surface area contributed by atoms with Crippen LogP contribution >= 0.6 is 0 Å². The van der Waals surface area contributed by atoms with Gasteiger partial charge in [0.2, 0.25) is 0 Å². The Hall–Kier alpha value is -3.47. The van der Waals surface area contributed by atoms with Gasteiger partial charge in [-0.15, -0.1) is 0 Å². The van der Waals surface area contributed by atoms with Gasteiger partial charge < -0.3 is 29.5 Å². The van der Waals surface area contributed by atoms with E-state index in [9.17, 15) is 27.9 Å². The Morgan fingerprint density at radius 3 is 2.18 bits per heavy atom. The van der Waals surface area contributed by atoms with Gasteiger partial charge in [0.1, 0.15) is 18.1 Å². The van der Waals surface area contributed by atoms with E-state index >= 15 is 0 Å². The van der Waals surface area contributed by atoms with E-state index in [1.807, 2.05) is 0 Å². The van der Waals surface area contributed by atoms with Crippen LogP contribution in [0, 0.1) is 0 Å². The van der Waals surface area contributed by atoms with Crippen molar-refractivity contribution in [3.8, 4) is 11.5 Å². The molecule has 2 N–H and O–H groups in total. The molecule has 39 heavy (non-hydrogen) atoms. The monoisotopic (exact) mass is 554 g/mol. The van der Waals surface area contributed by atoms with Crippen molar-refractivity contribution in [1.29, 1.82) is 0 Å². The topological polar surface area (TPSA) is 97.3 Å². The lowest BCUT2D eigenvalue weighted by molar-refractivity contribution is -0.150. The normalized spacial score (nSPS) is 12.0. The van der Waals surface area contributed by atoms with Crippen LogP contribution in [0.15, 0.2) is 48.5 Å². The van der Waals surface area contributed by atoms with Crippen molar-refractivity contribution in [1.82, 2.24) is 4.90 Å². The van der Waals surface area contributed by atoms with Crippen molar-refractivity contribution in [2.24, 2.45) is 0 Å². The summed E-state index contributed by atoms with van der Waals surface area (Å²) < 4.78 is 53.3. The van der Waals surface area contributed by atoms with Crippen LogP contribution in [0.5, 0.6) is 11.5 Å². The van der Waals surface area contributed by atoms with Crippen LogP contribution in [-0.2, 0) is 16.0 Å². The largest absolute Gasteiger partial charge is 0.497 e. The molecule has 0 aliphatic rings. The molecule has 0 radical (unpaired) electrons. The number of unbranched alkanes of at least 4 members (excludes halogenated alkanes) is 3. The molecule has 8 nitrogen and oxygen atoms in total. The number of urea groups is 1. The molecule has 2 rings (SSSR count). The second-order valence-corrected chi connectivity index (χ2v) is 8.90. The standard InChI is InChI=1S/C28H37F3N2O6/c1-3-38-25(26(34)35)20-21-8-12-24(13-9-21)39-19-18-33(17-7-5-4-6-16-28(29,30)31)27(36)32-22-10-14-23(37-2)15-11-22/h8-15,25H,3-7,16-20H2,1-2H3,(H,32,36)(H,34,35). The number of methoxy groups -OCH3 is 1. The summed E-state index contributed by atoms with van der Waals surface area (Å²) >= 11 is 0. The number of ether oxygens (including phenoxy) is 3. The maximum Gasteiger partial charge on any atom is 0.389 e. The Labute approximate surface area is 227 Å². The Balaban J connectivity index is 1.90. The number of alkyl halides is 3. The third kappa shape index (κ3) is 12.8. The van der Waals surface area contributed by atoms with E-state index in [0.29, 0.717) is 49.6 Å². The molecule has 0 aliphatic carbocycles. The average Bonchev–Trinajstić information content (AvgIpc) is 2.90. The molecular formula is C28H37F3N2O6. The Morgan fingerprint density at radius 2 is 1.59 bits per heavy atom. The van der Waals surface area contributed by atoms with Crippen molar-refractivity contribution in [2.75, 3.05) is 38.7 Å². The van der Waals surface area contributed by atoms with Gasteiger partial charge in [-0.25, -0.2) is 9.59 Å². The zero-order valence-electron chi connectivity index (χ0n) is 22.3. The van der Waals surface area contributed by atoms with E-state index in [1.54, 1.807) is 67.5 Å². The number of nitrogens with one attached hydrogen (secondary N) is 1.